The Balaban J connectivity index is 2.29. The van der Waals surface area contributed by atoms with Gasteiger partial charge < -0.3 is 10.0 Å². The number of rotatable bonds is 6. The van der Waals surface area contributed by atoms with Crippen molar-refractivity contribution >= 4 is 33.3 Å². The maximum atomic E-state index is 12.5. The predicted octanol–water partition coefficient (Wildman–Crippen LogP) is 3.99. The van der Waals surface area contributed by atoms with Gasteiger partial charge in [-0.3, -0.25) is 0 Å². The second-order valence-corrected chi connectivity index (χ2v) is 8.40. The topological polar surface area (TPSA) is 101 Å². The van der Waals surface area contributed by atoms with E-state index in [1.54, 1.807) is 37.4 Å². The van der Waals surface area contributed by atoms with Gasteiger partial charge in [0, 0.05) is 19.2 Å². The zero-order valence-electron chi connectivity index (χ0n) is 15.5. The zero-order chi connectivity index (χ0) is 21.2. The number of sulfonamides is 1. The van der Waals surface area contributed by atoms with Gasteiger partial charge in [0.05, 0.1) is 16.3 Å². The molecule has 3 aromatic carbocycles. The van der Waals surface area contributed by atoms with E-state index in [0.29, 0.717) is 5.56 Å². The fourth-order valence-electron chi connectivity index (χ4n) is 3.19. The molecule has 0 aliphatic carbocycles. The molecule has 0 bridgehead atoms. The van der Waals surface area contributed by atoms with Gasteiger partial charge >= 0.3 is 5.97 Å². The van der Waals surface area contributed by atoms with E-state index in [4.69, 9.17) is 16.7 Å². The third-order valence-corrected chi connectivity index (χ3v) is 5.91. The highest BCUT2D eigenvalue weighted by Crippen LogP contribution is 2.41. The number of anilines is 1. The third-order valence-electron chi connectivity index (χ3n) is 4.44. The molecule has 0 saturated carbocycles. The molecule has 0 heterocycles. The number of nitrogens with zero attached hydrogens (tertiary/aromatic N) is 1. The van der Waals surface area contributed by atoms with Crippen molar-refractivity contribution < 1.29 is 18.3 Å². The number of nitrogens with two attached hydrogens (primary N) is 1. The standard InChI is InChI=1S/C21H19ClN2O4S/c1-24(13-14-8-4-2-5-9-14)19-17(21(25)26)12-16(15-10-6-3-7-11-15)18(22)20(19)29(23,27)28/h2-12H,13H2,1H3,(H,25,26)(H2,23,27,28). The van der Waals surface area contributed by atoms with Crippen LogP contribution in [0.1, 0.15) is 15.9 Å². The maximum Gasteiger partial charge on any atom is 0.337 e. The van der Waals surface area contributed by atoms with Crippen LogP contribution in [0.2, 0.25) is 5.02 Å². The molecular formula is C21H19ClN2O4S. The normalized spacial score (nSPS) is 11.3. The average molecular weight is 431 g/mol. The summed E-state index contributed by atoms with van der Waals surface area (Å²) in [6.07, 6.45) is 0. The van der Waals surface area contributed by atoms with E-state index in [9.17, 15) is 18.3 Å². The molecule has 0 amide bonds. The number of primary sulfonamides is 1. The molecule has 29 heavy (non-hydrogen) atoms. The van der Waals surface area contributed by atoms with Crippen LogP contribution >= 0.6 is 11.6 Å². The first-order valence-corrected chi connectivity index (χ1v) is 10.6. The molecule has 8 heteroatoms. The van der Waals surface area contributed by atoms with Crippen LogP contribution in [0.3, 0.4) is 0 Å². The van der Waals surface area contributed by atoms with Crippen molar-refractivity contribution in [2.24, 2.45) is 5.14 Å². The lowest BCUT2D eigenvalue weighted by Crippen LogP contribution is -2.25. The molecule has 3 N–H and O–H groups in total. The third kappa shape index (κ3) is 4.42. The number of aromatic carboxylic acids is 1. The fourth-order valence-corrected chi connectivity index (χ4v) is 4.66. The zero-order valence-corrected chi connectivity index (χ0v) is 17.1. The fraction of sp³-hybridized carbons (Fsp3) is 0.0952. The molecule has 3 aromatic rings. The van der Waals surface area contributed by atoms with Crippen molar-refractivity contribution in [1.82, 2.24) is 0 Å². The smallest absolute Gasteiger partial charge is 0.337 e. The van der Waals surface area contributed by atoms with Crippen molar-refractivity contribution in [2.75, 3.05) is 11.9 Å². The van der Waals surface area contributed by atoms with E-state index < -0.39 is 20.9 Å². The first-order valence-electron chi connectivity index (χ1n) is 8.63. The van der Waals surface area contributed by atoms with E-state index in [-0.39, 0.29) is 28.4 Å². The summed E-state index contributed by atoms with van der Waals surface area (Å²) in [5.41, 5.74) is 1.49. The monoisotopic (exact) mass is 430 g/mol. The number of hydrogen-bond donors (Lipinski definition) is 2. The minimum Gasteiger partial charge on any atom is -0.478 e. The number of hydrogen-bond acceptors (Lipinski definition) is 4. The summed E-state index contributed by atoms with van der Waals surface area (Å²) in [6.45, 7) is 0.269. The second kappa shape index (κ2) is 8.24. The van der Waals surface area contributed by atoms with Crippen LogP contribution < -0.4 is 10.0 Å². The molecule has 0 unspecified atom stereocenters. The summed E-state index contributed by atoms with van der Waals surface area (Å²) in [5, 5.41) is 15.2. The van der Waals surface area contributed by atoms with Gasteiger partial charge in [-0.05, 0) is 17.2 Å². The van der Waals surface area contributed by atoms with Gasteiger partial charge in [0.1, 0.15) is 4.90 Å². The largest absolute Gasteiger partial charge is 0.478 e. The molecule has 0 saturated heterocycles. The van der Waals surface area contributed by atoms with E-state index in [1.165, 1.54) is 11.0 Å². The molecule has 0 aromatic heterocycles. The van der Waals surface area contributed by atoms with Gasteiger partial charge in [0.25, 0.3) is 0 Å². The Morgan fingerprint density at radius 3 is 2.14 bits per heavy atom. The molecule has 0 aliphatic rings. The Labute approximate surface area is 174 Å². The lowest BCUT2D eigenvalue weighted by Gasteiger charge is -2.25. The highest BCUT2D eigenvalue weighted by Gasteiger charge is 2.29. The van der Waals surface area contributed by atoms with Gasteiger partial charge in [-0.2, -0.15) is 0 Å². The van der Waals surface area contributed by atoms with Crippen molar-refractivity contribution in [2.45, 2.75) is 11.4 Å². The molecular weight excluding hydrogens is 412 g/mol. The lowest BCUT2D eigenvalue weighted by atomic mass is 10.0. The molecule has 0 spiro atoms. The van der Waals surface area contributed by atoms with Crippen LogP contribution in [-0.4, -0.2) is 26.5 Å². The van der Waals surface area contributed by atoms with E-state index >= 15 is 0 Å². The number of carbonyl (C=O) groups is 1. The Morgan fingerprint density at radius 1 is 1.07 bits per heavy atom. The van der Waals surface area contributed by atoms with Crippen LogP contribution in [0.4, 0.5) is 5.69 Å². The van der Waals surface area contributed by atoms with Crippen LogP contribution in [-0.2, 0) is 16.6 Å². The Hall–Kier alpha value is -2.87. The summed E-state index contributed by atoms with van der Waals surface area (Å²) >= 11 is 6.48. The predicted molar refractivity (Wildman–Crippen MR) is 114 cm³/mol. The van der Waals surface area contributed by atoms with E-state index in [1.807, 2.05) is 30.3 Å². The van der Waals surface area contributed by atoms with Crippen LogP contribution in [0.25, 0.3) is 11.1 Å². The van der Waals surface area contributed by atoms with Crippen molar-refractivity contribution in [1.29, 1.82) is 0 Å². The summed E-state index contributed by atoms with van der Waals surface area (Å²) in [7, 11) is -2.73. The summed E-state index contributed by atoms with van der Waals surface area (Å²) in [5.74, 6) is -1.28. The van der Waals surface area contributed by atoms with Gasteiger partial charge in [-0.25, -0.2) is 18.4 Å². The van der Waals surface area contributed by atoms with Gasteiger partial charge in [-0.15, -0.1) is 0 Å². The van der Waals surface area contributed by atoms with Gasteiger partial charge in [0.2, 0.25) is 10.0 Å². The lowest BCUT2D eigenvalue weighted by molar-refractivity contribution is 0.0697. The Kier molecular flexibility index (Phi) is 5.93. The van der Waals surface area contributed by atoms with Gasteiger partial charge in [-0.1, -0.05) is 72.3 Å². The minimum atomic E-state index is -4.32. The minimum absolute atomic E-state index is 0.0477. The van der Waals surface area contributed by atoms with Gasteiger partial charge in [0.15, 0.2) is 0 Å². The maximum absolute atomic E-state index is 12.5. The Morgan fingerprint density at radius 2 is 1.62 bits per heavy atom. The quantitative estimate of drug-likeness (QED) is 0.615. The number of halogens is 1. The van der Waals surface area contributed by atoms with Crippen molar-refractivity contribution in [3.63, 3.8) is 0 Å². The first kappa shape index (κ1) is 20.9. The average Bonchev–Trinajstić information content (AvgIpc) is 2.67. The molecule has 0 atom stereocenters. The highest BCUT2D eigenvalue weighted by molar-refractivity contribution is 7.89. The van der Waals surface area contributed by atoms with Crippen LogP contribution in [0.5, 0.6) is 0 Å². The molecule has 150 valence electrons. The van der Waals surface area contributed by atoms with Crippen LogP contribution in [0.15, 0.2) is 71.6 Å². The van der Waals surface area contributed by atoms with E-state index in [2.05, 4.69) is 0 Å². The van der Waals surface area contributed by atoms with Crippen molar-refractivity contribution in [3.8, 4) is 11.1 Å². The molecule has 0 aliphatic heterocycles. The summed E-state index contributed by atoms with van der Waals surface area (Å²) in [6, 6.07) is 19.3. The number of carboxylic acid groups (broad SMARTS) is 1. The molecule has 6 nitrogen and oxygen atoms in total. The number of carboxylic acids is 1. The Bertz CT molecular complexity index is 1150. The summed E-state index contributed by atoms with van der Waals surface area (Å²) < 4.78 is 24.9. The SMILES string of the molecule is CN(Cc1ccccc1)c1c(C(=O)O)cc(-c2ccccc2)c(Cl)c1S(N)(=O)=O. The highest BCUT2D eigenvalue weighted by atomic mass is 35.5. The second-order valence-electron chi connectivity index (χ2n) is 6.52. The van der Waals surface area contributed by atoms with E-state index in [0.717, 1.165) is 5.56 Å². The molecule has 0 radical (unpaired) electrons. The molecule has 0 fully saturated rings. The first-order chi connectivity index (χ1) is 13.7. The number of benzene rings is 3. The van der Waals surface area contributed by atoms with Crippen LogP contribution in [0, 0.1) is 0 Å². The molecule has 3 rings (SSSR count). The van der Waals surface area contributed by atoms with Crippen molar-refractivity contribution in [3.05, 3.63) is 82.9 Å². The summed E-state index contributed by atoms with van der Waals surface area (Å²) in [4.78, 5) is 13.2.